The van der Waals surface area contributed by atoms with Crippen molar-refractivity contribution in [1.82, 2.24) is 14.7 Å². The molecule has 0 spiro atoms. The van der Waals surface area contributed by atoms with Crippen LogP contribution in [0, 0.1) is 6.92 Å². The van der Waals surface area contributed by atoms with Crippen molar-refractivity contribution < 1.29 is 9.53 Å². The molecule has 1 aliphatic rings. The Kier molecular flexibility index (Phi) is 3.65. The molecule has 0 bridgehead atoms. The summed E-state index contributed by atoms with van der Waals surface area (Å²) in [5.74, 6) is -0.125. The van der Waals surface area contributed by atoms with E-state index in [0.29, 0.717) is 32.6 Å². The number of aryl methyl sites for hydroxylation is 1. The second kappa shape index (κ2) is 5.46. The fourth-order valence-corrected chi connectivity index (χ4v) is 2.60. The zero-order valence-electron chi connectivity index (χ0n) is 12.1. The van der Waals surface area contributed by atoms with Gasteiger partial charge < -0.3 is 20.2 Å². The predicted molar refractivity (Wildman–Crippen MR) is 78.7 cm³/mol. The summed E-state index contributed by atoms with van der Waals surface area (Å²) < 4.78 is 7.22. The predicted octanol–water partition coefficient (Wildman–Crippen LogP) is 0.767. The number of hydrogen-bond donors (Lipinski definition) is 2. The monoisotopic (exact) mass is 288 g/mol. The lowest BCUT2D eigenvalue weighted by molar-refractivity contribution is -0.129. The van der Waals surface area contributed by atoms with Crippen molar-refractivity contribution in [2.75, 3.05) is 13.2 Å². The first-order valence-corrected chi connectivity index (χ1v) is 7.17. The molecular formula is C15H20N4O2. The molecule has 6 heteroatoms. The maximum Gasteiger partial charge on any atom is 0.240 e. The second-order valence-corrected chi connectivity index (χ2v) is 5.61. The Hall–Kier alpha value is -1.92. The smallest absolute Gasteiger partial charge is 0.240 e. The standard InChI is InChI=1S/C15H20N4O2/c1-11-3-2-6-19-10-12(18-13(11)19)9-17-14(20)15(16)4-7-21-8-5-15/h2-3,6,10H,4-5,7-9,16H2,1H3,(H,17,20). The topological polar surface area (TPSA) is 81.7 Å². The molecule has 6 nitrogen and oxygen atoms in total. The number of ether oxygens (including phenoxy) is 1. The fraction of sp³-hybridized carbons (Fsp3) is 0.467. The van der Waals surface area contributed by atoms with Crippen LogP contribution in [-0.2, 0) is 16.1 Å². The van der Waals surface area contributed by atoms with Crippen LogP contribution in [0.5, 0.6) is 0 Å². The van der Waals surface area contributed by atoms with Crippen molar-refractivity contribution in [3.05, 3.63) is 35.8 Å². The van der Waals surface area contributed by atoms with Crippen LogP contribution in [0.1, 0.15) is 24.1 Å². The van der Waals surface area contributed by atoms with Gasteiger partial charge in [-0.3, -0.25) is 4.79 Å². The maximum absolute atomic E-state index is 12.2. The Morgan fingerprint density at radius 3 is 3.00 bits per heavy atom. The average Bonchev–Trinajstić information content (AvgIpc) is 2.90. The first-order chi connectivity index (χ1) is 10.1. The zero-order chi connectivity index (χ0) is 14.9. The van der Waals surface area contributed by atoms with Crippen molar-refractivity contribution in [2.45, 2.75) is 31.8 Å². The third-order valence-electron chi connectivity index (χ3n) is 4.00. The van der Waals surface area contributed by atoms with Gasteiger partial charge in [-0.15, -0.1) is 0 Å². The van der Waals surface area contributed by atoms with Crippen molar-refractivity contribution in [1.29, 1.82) is 0 Å². The number of carbonyl (C=O) groups is 1. The van der Waals surface area contributed by atoms with E-state index in [0.717, 1.165) is 16.9 Å². The van der Waals surface area contributed by atoms with E-state index < -0.39 is 5.54 Å². The van der Waals surface area contributed by atoms with Gasteiger partial charge in [-0.2, -0.15) is 0 Å². The van der Waals surface area contributed by atoms with Crippen LogP contribution in [0.4, 0.5) is 0 Å². The maximum atomic E-state index is 12.2. The summed E-state index contributed by atoms with van der Waals surface area (Å²) in [4.78, 5) is 16.8. The summed E-state index contributed by atoms with van der Waals surface area (Å²) >= 11 is 0. The molecule has 1 saturated heterocycles. The van der Waals surface area contributed by atoms with E-state index in [2.05, 4.69) is 10.3 Å². The number of nitrogens with two attached hydrogens (primary N) is 1. The Labute approximate surface area is 123 Å². The molecule has 0 atom stereocenters. The van der Waals surface area contributed by atoms with Gasteiger partial charge in [-0.05, 0) is 31.4 Å². The molecule has 0 unspecified atom stereocenters. The number of imidazole rings is 1. The van der Waals surface area contributed by atoms with E-state index in [1.54, 1.807) is 0 Å². The Morgan fingerprint density at radius 2 is 2.29 bits per heavy atom. The van der Waals surface area contributed by atoms with Crippen molar-refractivity contribution >= 4 is 11.6 Å². The molecule has 3 N–H and O–H groups in total. The SMILES string of the molecule is Cc1cccn2cc(CNC(=O)C3(N)CCOCC3)nc12. The van der Waals surface area contributed by atoms with Crippen LogP contribution in [0.25, 0.3) is 5.65 Å². The Bertz CT molecular complexity index is 659. The number of aromatic nitrogens is 2. The third kappa shape index (κ3) is 2.77. The van der Waals surface area contributed by atoms with Crippen LogP contribution < -0.4 is 11.1 Å². The molecule has 1 amide bonds. The number of carbonyl (C=O) groups excluding carboxylic acids is 1. The van der Waals surface area contributed by atoms with E-state index in [4.69, 9.17) is 10.5 Å². The molecule has 1 fully saturated rings. The van der Waals surface area contributed by atoms with Gasteiger partial charge in [0.25, 0.3) is 0 Å². The number of rotatable bonds is 3. The number of nitrogens with zero attached hydrogens (tertiary/aromatic N) is 2. The van der Waals surface area contributed by atoms with Gasteiger partial charge in [-0.25, -0.2) is 4.98 Å². The molecule has 1 aliphatic heterocycles. The summed E-state index contributed by atoms with van der Waals surface area (Å²) in [6, 6.07) is 3.99. The molecule has 0 aromatic carbocycles. The van der Waals surface area contributed by atoms with E-state index in [1.807, 2.05) is 35.9 Å². The number of amides is 1. The summed E-state index contributed by atoms with van der Waals surface area (Å²) in [5, 5.41) is 2.89. The number of nitrogens with one attached hydrogen (secondary N) is 1. The molecular weight excluding hydrogens is 268 g/mol. The third-order valence-corrected chi connectivity index (χ3v) is 4.00. The molecule has 2 aromatic rings. The summed E-state index contributed by atoms with van der Waals surface area (Å²) in [6.07, 6.45) is 4.99. The highest BCUT2D eigenvalue weighted by Gasteiger charge is 2.35. The van der Waals surface area contributed by atoms with Gasteiger partial charge >= 0.3 is 0 Å². The van der Waals surface area contributed by atoms with E-state index in [9.17, 15) is 4.79 Å². The first kappa shape index (κ1) is 14.0. The molecule has 21 heavy (non-hydrogen) atoms. The average molecular weight is 288 g/mol. The molecule has 0 saturated carbocycles. The molecule has 0 aliphatic carbocycles. The minimum atomic E-state index is -0.812. The van der Waals surface area contributed by atoms with Gasteiger partial charge in [0, 0.05) is 25.6 Å². The number of fused-ring (bicyclic) bond motifs is 1. The zero-order valence-corrected chi connectivity index (χ0v) is 12.1. The molecule has 2 aromatic heterocycles. The fourth-order valence-electron chi connectivity index (χ4n) is 2.60. The molecule has 0 radical (unpaired) electrons. The summed E-state index contributed by atoms with van der Waals surface area (Å²) in [6.45, 7) is 3.48. The van der Waals surface area contributed by atoms with Gasteiger partial charge in [0.15, 0.2) is 0 Å². The minimum Gasteiger partial charge on any atom is -0.381 e. The Balaban J connectivity index is 1.68. The molecule has 3 rings (SSSR count). The van der Waals surface area contributed by atoms with Crippen molar-refractivity contribution in [3.63, 3.8) is 0 Å². The highest BCUT2D eigenvalue weighted by molar-refractivity contribution is 5.86. The Morgan fingerprint density at radius 1 is 1.52 bits per heavy atom. The van der Waals surface area contributed by atoms with Crippen molar-refractivity contribution in [3.8, 4) is 0 Å². The lowest BCUT2D eigenvalue weighted by atomic mass is 9.90. The van der Waals surface area contributed by atoms with E-state index in [-0.39, 0.29) is 5.91 Å². The lowest BCUT2D eigenvalue weighted by Crippen LogP contribution is -2.56. The summed E-state index contributed by atoms with van der Waals surface area (Å²) in [5.41, 5.74) is 8.18. The highest BCUT2D eigenvalue weighted by Crippen LogP contribution is 2.18. The highest BCUT2D eigenvalue weighted by atomic mass is 16.5. The van der Waals surface area contributed by atoms with Crippen LogP contribution in [0.2, 0.25) is 0 Å². The van der Waals surface area contributed by atoms with E-state index in [1.165, 1.54) is 0 Å². The minimum absolute atomic E-state index is 0.125. The van der Waals surface area contributed by atoms with Gasteiger partial charge in [-0.1, -0.05) is 6.07 Å². The first-order valence-electron chi connectivity index (χ1n) is 7.17. The molecule has 3 heterocycles. The van der Waals surface area contributed by atoms with Gasteiger partial charge in [0.1, 0.15) is 5.65 Å². The quantitative estimate of drug-likeness (QED) is 0.874. The molecule has 112 valence electrons. The van der Waals surface area contributed by atoms with Crippen LogP contribution >= 0.6 is 0 Å². The largest absolute Gasteiger partial charge is 0.381 e. The normalized spacial score (nSPS) is 17.8. The lowest BCUT2D eigenvalue weighted by Gasteiger charge is -2.31. The van der Waals surface area contributed by atoms with E-state index >= 15 is 0 Å². The van der Waals surface area contributed by atoms with Crippen LogP contribution in [0.3, 0.4) is 0 Å². The summed E-state index contributed by atoms with van der Waals surface area (Å²) in [7, 11) is 0. The van der Waals surface area contributed by atoms with Gasteiger partial charge in [0.2, 0.25) is 5.91 Å². The van der Waals surface area contributed by atoms with Crippen LogP contribution in [0.15, 0.2) is 24.5 Å². The second-order valence-electron chi connectivity index (χ2n) is 5.61. The number of hydrogen-bond acceptors (Lipinski definition) is 4. The van der Waals surface area contributed by atoms with Crippen LogP contribution in [-0.4, -0.2) is 34.0 Å². The number of pyridine rings is 1. The van der Waals surface area contributed by atoms with Gasteiger partial charge in [0.05, 0.1) is 17.8 Å². The van der Waals surface area contributed by atoms with Crippen molar-refractivity contribution in [2.24, 2.45) is 5.73 Å².